The summed E-state index contributed by atoms with van der Waals surface area (Å²) in [6.07, 6.45) is -4.50. The Morgan fingerprint density at radius 1 is 1.11 bits per heavy atom. The average Bonchev–Trinajstić information content (AvgIpc) is 3.15. The van der Waals surface area contributed by atoms with E-state index in [0.29, 0.717) is 36.4 Å². The van der Waals surface area contributed by atoms with Gasteiger partial charge in [0, 0.05) is 61.0 Å². The van der Waals surface area contributed by atoms with Crippen molar-refractivity contribution in [3.63, 3.8) is 0 Å². The van der Waals surface area contributed by atoms with Crippen LogP contribution in [0.3, 0.4) is 0 Å². The standard InChI is InChI=1S/C26H26F6N4O2/c1-14-6-17-16(2-3-20-23(17)38-24(37)33-20)22(36(14)13-26(30,31)32)21-18(28)7-15(8-19(21)29)35-11-25(12-35)9-34(10-25)5-4-27/h2-3,7-8,14,22H,4-6,9-13H2,1H3,(H,33,37)/t14-,22+/m1/s1. The smallest absolute Gasteiger partial charge is 0.408 e. The first-order valence-electron chi connectivity index (χ1n) is 12.5. The summed E-state index contributed by atoms with van der Waals surface area (Å²) in [4.78, 5) is 19.2. The van der Waals surface area contributed by atoms with E-state index in [2.05, 4.69) is 4.98 Å². The first kappa shape index (κ1) is 25.3. The first-order chi connectivity index (χ1) is 18.0. The summed E-state index contributed by atoms with van der Waals surface area (Å²) in [5.74, 6) is -2.61. The molecule has 204 valence electrons. The molecule has 1 aromatic heterocycles. The molecule has 0 aliphatic carbocycles. The minimum absolute atomic E-state index is 0.0199. The maximum Gasteiger partial charge on any atom is 0.417 e. The number of aromatic amines is 1. The van der Waals surface area contributed by atoms with Gasteiger partial charge in [-0.3, -0.25) is 14.8 Å². The molecule has 38 heavy (non-hydrogen) atoms. The number of fused-ring (bicyclic) bond motifs is 3. The van der Waals surface area contributed by atoms with Gasteiger partial charge in [-0.05, 0) is 37.1 Å². The van der Waals surface area contributed by atoms with E-state index in [9.17, 15) is 22.4 Å². The Balaban J connectivity index is 1.37. The molecule has 0 bridgehead atoms. The van der Waals surface area contributed by atoms with Gasteiger partial charge >= 0.3 is 11.9 Å². The number of likely N-dealkylation sites (tertiary alicyclic amines) is 1. The second kappa shape index (κ2) is 8.77. The fraction of sp³-hybridized carbons (Fsp3) is 0.500. The largest absolute Gasteiger partial charge is 0.417 e. The van der Waals surface area contributed by atoms with Gasteiger partial charge in [-0.15, -0.1) is 0 Å². The van der Waals surface area contributed by atoms with Crippen molar-refractivity contribution < 1.29 is 30.8 Å². The zero-order chi connectivity index (χ0) is 27.0. The SMILES string of the molecule is C[C@@H]1Cc2c(ccc3[nH]c(=O)oc23)[C@@H](c2c(F)cc(N3CC4(CN(CCF)C4)C3)cc2F)N1CC(F)(F)F. The van der Waals surface area contributed by atoms with Crippen molar-refractivity contribution in [2.24, 2.45) is 5.41 Å². The number of alkyl halides is 4. The van der Waals surface area contributed by atoms with E-state index in [1.165, 1.54) is 24.3 Å². The highest BCUT2D eigenvalue weighted by Crippen LogP contribution is 2.46. The second-order valence-corrected chi connectivity index (χ2v) is 10.8. The summed E-state index contributed by atoms with van der Waals surface area (Å²) < 4.78 is 90.1. The van der Waals surface area contributed by atoms with E-state index in [1.807, 2.05) is 9.80 Å². The predicted octanol–water partition coefficient (Wildman–Crippen LogP) is 4.39. The van der Waals surface area contributed by atoms with Gasteiger partial charge in [0.25, 0.3) is 0 Å². The number of hydrogen-bond donors (Lipinski definition) is 1. The van der Waals surface area contributed by atoms with Gasteiger partial charge in [-0.2, -0.15) is 13.2 Å². The van der Waals surface area contributed by atoms with Crippen LogP contribution in [0.2, 0.25) is 0 Å². The minimum atomic E-state index is -4.60. The molecular weight excluding hydrogens is 514 g/mol. The summed E-state index contributed by atoms with van der Waals surface area (Å²) in [6, 6.07) is 3.18. The third-order valence-corrected chi connectivity index (χ3v) is 8.06. The molecule has 4 heterocycles. The number of benzene rings is 2. The Kier molecular flexibility index (Phi) is 5.84. The summed E-state index contributed by atoms with van der Waals surface area (Å²) >= 11 is 0. The van der Waals surface area contributed by atoms with Crippen molar-refractivity contribution in [1.29, 1.82) is 0 Å². The third kappa shape index (κ3) is 4.17. The maximum absolute atomic E-state index is 15.7. The fourth-order valence-electron chi connectivity index (χ4n) is 6.51. The molecule has 3 aromatic rings. The molecule has 2 saturated heterocycles. The number of rotatable bonds is 5. The molecule has 12 heteroatoms. The molecule has 2 aromatic carbocycles. The molecule has 3 aliphatic heterocycles. The first-order valence-corrected chi connectivity index (χ1v) is 12.5. The molecule has 0 amide bonds. The molecule has 6 rings (SSSR count). The van der Waals surface area contributed by atoms with Crippen molar-refractivity contribution >= 4 is 16.8 Å². The molecule has 1 N–H and O–H groups in total. The van der Waals surface area contributed by atoms with Crippen LogP contribution >= 0.6 is 0 Å². The average molecular weight is 541 g/mol. The second-order valence-electron chi connectivity index (χ2n) is 10.8. The minimum Gasteiger partial charge on any atom is -0.408 e. The van der Waals surface area contributed by atoms with E-state index in [4.69, 9.17) is 4.42 Å². The molecule has 0 radical (unpaired) electrons. The Hall–Kier alpha value is -2.99. The topological polar surface area (TPSA) is 55.7 Å². The number of aromatic nitrogens is 1. The van der Waals surface area contributed by atoms with E-state index >= 15 is 8.78 Å². The van der Waals surface area contributed by atoms with Crippen LogP contribution in [0.25, 0.3) is 11.1 Å². The molecule has 1 spiro atoms. The van der Waals surface area contributed by atoms with Crippen LogP contribution in [0.15, 0.2) is 33.5 Å². The zero-order valence-electron chi connectivity index (χ0n) is 20.5. The summed E-state index contributed by atoms with van der Waals surface area (Å²) in [7, 11) is 0. The van der Waals surface area contributed by atoms with Gasteiger partial charge in [0.1, 0.15) is 18.3 Å². The molecule has 3 aliphatic rings. The zero-order valence-corrected chi connectivity index (χ0v) is 20.5. The van der Waals surface area contributed by atoms with Crippen LogP contribution < -0.4 is 10.7 Å². The van der Waals surface area contributed by atoms with Gasteiger partial charge in [-0.25, -0.2) is 18.0 Å². The highest BCUT2D eigenvalue weighted by atomic mass is 19.4. The Bertz CT molecular complexity index is 1410. The van der Waals surface area contributed by atoms with Crippen LogP contribution in [0.5, 0.6) is 0 Å². The van der Waals surface area contributed by atoms with Crippen molar-refractivity contribution in [2.45, 2.75) is 31.6 Å². The van der Waals surface area contributed by atoms with Crippen molar-refractivity contribution in [2.75, 3.05) is 50.8 Å². The van der Waals surface area contributed by atoms with Crippen LogP contribution in [0.1, 0.15) is 29.7 Å². The lowest BCUT2D eigenvalue weighted by atomic mass is 9.72. The van der Waals surface area contributed by atoms with Crippen molar-refractivity contribution in [1.82, 2.24) is 14.8 Å². The lowest BCUT2D eigenvalue weighted by Gasteiger charge is -2.61. The van der Waals surface area contributed by atoms with Crippen LogP contribution in [0.4, 0.5) is 32.0 Å². The van der Waals surface area contributed by atoms with Gasteiger partial charge in [0.05, 0.1) is 18.1 Å². The number of nitrogens with zero attached hydrogens (tertiary/aromatic N) is 3. The highest BCUT2D eigenvalue weighted by Gasteiger charge is 2.51. The van der Waals surface area contributed by atoms with Gasteiger partial charge in [-0.1, -0.05) is 6.07 Å². The monoisotopic (exact) mass is 540 g/mol. The molecule has 0 unspecified atom stereocenters. The Morgan fingerprint density at radius 3 is 2.42 bits per heavy atom. The number of hydrogen-bond acceptors (Lipinski definition) is 5. The van der Waals surface area contributed by atoms with Gasteiger partial charge in [0.2, 0.25) is 0 Å². The molecule has 2 atom stereocenters. The van der Waals surface area contributed by atoms with Crippen molar-refractivity contribution in [3.8, 4) is 0 Å². The lowest BCUT2D eigenvalue weighted by molar-refractivity contribution is -0.155. The van der Waals surface area contributed by atoms with Crippen molar-refractivity contribution in [3.05, 3.63) is 63.1 Å². The predicted molar refractivity (Wildman–Crippen MR) is 128 cm³/mol. The van der Waals surface area contributed by atoms with Crippen LogP contribution in [-0.2, 0) is 6.42 Å². The Morgan fingerprint density at radius 2 is 1.79 bits per heavy atom. The molecule has 6 nitrogen and oxygen atoms in total. The summed E-state index contributed by atoms with van der Waals surface area (Å²) in [5.41, 5.74) is 1.08. The van der Waals surface area contributed by atoms with E-state index < -0.39 is 54.4 Å². The van der Waals surface area contributed by atoms with Crippen LogP contribution in [-0.4, -0.2) is 72.9 Å². The molecule has 2 fully saturated rings. The van der Waals surface area contributed by atoms with Crippen LogP contribution in [0, 0.1) is 17.0 Å². The molecule has 0 saturated carbocycles. The van der Waals surface area contributed by atoms with Gasteiger partial charge in [0.15, 0.2) is 5.58 Å². The van der Waals surface area contributed by atoms with E-state index in [0.717, 1.165) is 18.0 Å². The Labute approximate surface area is 213 Å². The fourth-order valence-corrected chi connectivity index (χ4v) is 6.51. The molecular formula is C26H26F6N4O2. The normalized spacial score (nSPS) is 23.5. The third-order valence-electron chi connectivity index (χ3n) is 8.06. The summed E-state index contributed by atoms with van der Waals surface area (Å²) in [5, 5.41) is 0. The highest BCUT2D eigenvalue weighted by molar-refractivity contribution is 5.78. The number of H-pyrrole nitrogens is 1. The number of oxazole rings is 1. The van der Waals surface area contributed by atoms with Gasteiger partial charge < -0.3 is 9.32 Å². The lowest BCUT2D eigenvalue weighted by Crippen LogP contribution is -2.72. The van der Waals surface area contributed by atoms with E-state index in [1.54, 1.807) is 6.92 Å². The number of anilines is 1. The number of halogens is 6. The maximum atomic E-state index is 15.7. The summed E-state index contributed by atoms with van der Waals surface area (Å²) in [6.45, 7) is 2.73. The van der Waals surface area contributed by atoms with E-state index in [-0.39, 0.29) is 23.0 Å². The quantitative estimate of drug-likeness (QED) is 0.487. The number of nitrogens with one attached hydrogen (secondary N) is 1.